The van der Waals surface area contributed by atoms with Crippen molar-refractivity contribution in [1.82, 2.24) is 44.5 Å². The molecule has 4 aromatic rings. The molecule has 0 aromatic carbocycles. The standard InChI is InChI=1S/C21H27FN11O7PS/c1-20(9(35)4-10(40-20)32-8-27-11-14(23)25-7-26-15(11)32)5-39-41(37,42)13-18(38-6-21(13,22)2-3-34)33-16-12(30-31-33)17(36)29-19(24)28-16/h7-10,13,18,34-35H,2-6H2,1H3,(H,37,42)(H2,23,25,26)(H3,24,28,29,36)/t9-,10+,13-,18+,20+,21+,41?/m0/s1. The van der Waals surface area contributed by atoms with Gasteiger partial charge in [0.25, 0.3) is 5.56 Å². The minimum Gasteiger partial charge on any atom is -0.396 e. The van der Waals surface area contributed by atoms with Crippen LogP contribution < -0.4 is 17.0 Å². The van der Waals surface area contributed by atoms with Crippen LogP contribution >= 0.6 is 6.49 Å². The number of halogens is 1. The van der Waals surface area contributed by atoms with Crippen LogP contribution in [0.1, 0.15) is 32.2 Å². The normalized spacial score (nSPS) is 31.3. The number of nitrogens with zero attached hydrogens (tertiary/aromatic N) is 8. The van der Waals surface area contributed by atoms with Crippen molar-refractivity contribution < 1.29 is 33.5 Å². The number of imidazole rings is 1. The number of hydrogen-bond acceptors (Lipinski definition) is 15. The molecule has 7 atom stereocenters. The summed E-state index contributed by atoms with van der Waals surface area (Å²) < 4.78 is 36.6. The maximum Gasteiger partial charge on any atom is 0.282 e. The van der Waals surface area contributed by atoms with Crippen molar-refractivity contribution in [3.05, 3.63) is 23.0 Å². The highest BCUT2D eigenvalue weighted by molar-refractivity contribution is 8.09. The first-order valence-electron chi connectivity index (χ1n) is 12.6. The number of anilines is 2. The van der Waals surface area contributed by atoms with Gasteiger partial charge in [0.05, 0.1) is 25.6 Å². The number of aliphatic hydroxyl groups is 2. The molecule has 8 N–H and O–H groups in total. The average molecular weight is 628 g/mol. The zero-order valence-corrected chi connectivity index (χ0v) is 23.7. The first-order chi connectivity index (χ1) is 19.9. The van der Waals surface area contributed by atoms with Gasteiger partial charge in [-0.25, -0.2) is 19.3 Å². The smallest absolute Gasteiger partial charge is 0.282 e. The summed E-state index contributed by atoms with van der Waals surface area (Å²) in [5, 5.41) is 28.2. The summed E-state index contributed by atoms with van der Waals surface area (Å²) in [5.41, 5.74) is 5.94. The minimum absolute atomic E-state index is 0.100. The second-order valence-electron chi connectivity index (χ2n) is 10.4. The highest BCUT2D eigenvalue weighted by Crippen LogP contribution is 2.61. The van der Waals surface area contributed by atoms with Gasteiger partial charge in [0.1, 0.15) is 29.3 Å². The fourth-order valence-electron chi connectivity index (χ4n) is 5.31. The van der Waals surface area contributed by atoms with Gasteiger partial charge < -0.3 is 40.6 Å². The molecule has 2 aliphatic heterocycles. The van der Waals surface area contributed by atoms with Gasteiger partial charge in [0, 0.05) is 19.4 Å². The van der Waals surface area contributed by atoms with E-state index in [0.717, 1.165) is 4.68 Å². The van der Waals surface area contributed by atoms with E-state index in [4.69, 9.17) is 37.3 Å². The summed E-state index contributed by atoms with van der Waals surface area (Å²) >= 11 is 5.49. The van der Waals surface area contributed by atoms with E-state index in [9.17, 15) is 19.9 Å². The number of rotatable bonds is 8. The van der Waals surface area contributed by atoms with E-state index >= 15 is 4.39 Å². The van der Waals surface area contributed by atoms with Crippen LogP contribution in [0.25, 0.3) is 22.3 Å². The van der Waals surface area contributed by atoms with Crippen LogP contribution in [-0.4, -0.2) is 102 Å². The van der Waals surface area contributed by atoms with Crippen LogP contribution in [0.2, 0.25) is 0 Å². The Hall–Kier alpha value is -3.23. The summed E-state index contributed by atoms with van der Waals surface area (Å²) in [6.07, 6.45) is -0.877. The summed E-state index contributed by atoms with van der Waals surface area (Å²) in [6, 6.07) is 0. The lowest BCUT2D eigenvalue weighted by Crippen LogP contribution is -2.43. The van der Waals surface area contributed by atoms with Gasteiger partial charge in [-0.3, -0.25) is 14.3 Å². The lowest BCUT2D eigenvalue weighted by Gasteiger charge is -2.35. The molecule has 1 unspecified atom stereocenters. The third-order valence-corrected chi connectivity index (χ3v) is 10.5. The molecule has 6 heterocycles. The number of alkyl halides is 1. The van der Waals surface area contributed by atoms with Crippen molar-refractivity contribution in [2.75, 3.05) is 31.3 Å². The summed E-state index contributed by atoms with van der Waals surface area (Å²) in [4.78, 5) is 42.5. The fourth-order valence-corrected chi connectivity index (χ4v) is 8.27. The Morgan fingerprint density at radius 1 is 1.31 bits per heavy atom. The van der Waals surface area contributed by atoms with Crippen molar-refractivity contribution >= 4 is 52.4 Å². The van der Waals surface area contributed by atoms with Gasteiger partial charge in [-0.2, -0.15) is 9.67 Å². The number of H-pyrrole nitrogens is 1. The van der Waals surface area contributed by atoms with Crippen LogP contribution in [0.4, 0.5) is 16.2 Å². The molecule has 42 heavy (non-hydrogen) atoms. The lowest BCUT2D eigenvalue weighted by molar-refractivity contribution is -0.110. The van der Waals surface area contributed by atoms with Crippen molar-refractivity contribution in [3.8, 4) is 0 Å². The average Bonchev–Trinajstić information content (AvgIpc) is 3.68. The number of hydrogen-bond donors (Lipinski definition) is 6. The van der Waals surface area contributed by atoms with Gasteiger partial charge in [0.2, 0.25) is 5.95 Å². The SMILES string of the molecule is C[C@]1(COP(O)(=S)[C@H]2[C@H](n3nnc4c(=O)[nH]c(N)nc43)OC[C@]2(F)CCO)O[C@@H](n2cnc3c(N)ncnc32)C[C@@H]1O. The Labute approximate surface area is 240 Å². The fraction of sp³-hybridized carbons (Fsp3) is 0.571. The van der Waals surface area contributed by atoms with E-state index in [2.05, 4.69) is 35.2 Å². The largest absolute Gasteiger partial charge is 0.396 e. The Morgan fingerprint density at radius 2 is 2.10 bits per heavy atom. The lowest BCUT2D eigenvalue weighted by atomic mass is 10.00. The third kappa shape index (κ3) is 4.63. The first kappa shape index (κ1) is 28.9. The maximum atomic E-state index is 16.3. The molecule has 0 saturated carbocycles. The summed E-state index contributed by atoms with van der Waals surface area (Å²) in [5.74, 6) is -0.0697. The highest BCUT2D eigenvalue weighted by Gasteiger charge is 2.59. The Kier molecular flexibility index (Phi) is 7.01. The molecule has 2 aliphatic rings. The van der Waals surface area contributed by atoms with Gasteiger partial charge in [-0.1, -0.05) is 5.21 Å². The second-order valence-corrected chi connectivity index (χ2v) is 13.9. The molecule has 226 valence electrons. The maximum absolute atomic E-state index is 16.3. The zero-order chi connectivity index (χ0) is 30.0. The topological polar surface area (TPSA) is 260 Å². The molecule has 0 spiro atoms. The van der Waals surface area contributed by atoms with Gasteiger partial charge in [-0.05, 0) is 18.7 Å². The van der Waals surface area contributed by atoms with E-state index in [1.165, 1.54) is 12.7 Å². The number of aromatic nitrogens is 9. The Morgan fingerprint density at radius 3 is 2.86 bits per heavy atom. The Balaban J connectivity index is 1.28. The number of ether oxygens (including phenoxy) is 2. The molecule has 6 rings (SSSR count). The Bertz CT molecular complexity index is 1770. The van der Waals surface area contributed by atoms with Crippen LogP contribution in [-0.2, 0) is 25.8 Å². The predicted molar refractivity (Wildman–Crippen MR) is 146 cm³/mol. The third-order valence-electron chi connectivity index (χ3n) is 7.54. The molecule has 0 amide bonds. The monoisotopic (exact) mass is 627 g/mol. The molecule has 21 heteroatoms. The molecule has 0 radical (unpaired) electrons. The van der Waals surface area contributed by atoms with Crippen LogP contribution in [0.5, 0.6) is 0 Å². The molecule has 2 saturated heterocycles. The van der Waals surface area contributed by atoms with E-state index in [0.29, 0.717) is 11.2 Å². The first-order valence-corrected chi connectivity index (χ1v) is 15.4. The number of nitrogen functional groups attached to an aromatic ring is 2. The van der Waals surface area contributed by atoms with E-state index in [1.807, 2.05) is 0 Å². The predicted octanol–water partition coefficient (Wildman–Crippen LogP) is -1.14. The molecule has 0 aliphatic carbocycles. The van der Waals surface area contributed by atoms with Crippen LogP contribution in [0, 0.1) is 0 Å². The van der Waals surface area contributed by atoms with Crippen LogP contribution in [0.15, 0.2) is 17.4 Å². The summed E-state index contributed by atoms with van der Waals surface area (Å²) in [6.45, 7) is -4.25. The van der Waals surface area contributed by atoms with Gasteiger partial charge in [-0.15, -0.1) is 5.10 Å². The van der Waals surface area contributed by atoms with E-state index in [1.54, 1.807) is 11.5 Å². The van der Waals surface area contributed by atoms with Crippen molar-refractivity contribution in [2.45, 2.75) is 55.3 Å². The quantitative estimate of drug-likeness (QED) is 0.126. The van der Waals surface area contributed by atoms with Crippen LogP contribution in [0.3, 0.4) is 0 Å². The van der Waals surface area contributed by atoms with Crippen molar-refractivity contribution in [2.24, 2.45) is 0 Å². The summed E-state index contributed by atoms with van der Waals surface area (Å²) in [7, 11) is 0. The number of aliphatic hydroxyl groups excluding tert-OH is 2. The molecular weight excluding hydrogens is 600 g/mol. The molecule has 4 aromatic heterocycles. The molecule has 2 fully saturated rings. The zero-order valence-electron chi connectivity index (χ0n) is 21.9. The number of fused-ring (bicyclic) bond motifs is 2. The highest BCUT2D eigenvalue weighted by atomic mass is 32.5. The number of nitrogens with one attached hydrogen (secondary N) is 1. The molecule has 0 bridgehead atoms. The number of nitrogens with two attached hydrogens (primary N) is 2. The van der Waals surface area contributed by atoms with Gasteiger partial charge >= 0.3 is 0 Å². The molecular formula is C21H27FN11O7PS. The van der Waals surface area contributed by atoms with Crippen molar-refractivity contribution in [3.63, 3.8) is 0 Å². The number of aromatic amines is 1. The minimum atomic E-state index is -4.20. The van der Waals surface area contributed by atoms with Gasteiger partial charge in [0.15, 0.2) is 41.0 Å². The molecule has 18 nitrogen and oxygen atoms in total. The van der Waals surface area contributed by atoms with Crippen molar-refractivity contribution in [1.29, 1.82) is 0 Å². The second kappa shape index (κ2) is 10.2. The van der Waals surface area contributed by atoms with E-state index in [-0.39, 0.29) is 29.4 Å². The van der Waals surface area contributed by atoms with E-state index < -0.39 is 73.8 Å².